The number of nitrogens with one attached hydrogen (secondary N) is 2. The molecule has 0 bridgehead atoms. The van der Waals surface area contributed by atoms with E-state index in [1.54, 1.807) is 0 Å². The van der Waals surface area contributed by atoms with Crippen molar-refractivity contribution in [1.29, 1.82) is 0 Å². The zero-order valence-corrected chi connectivity index (χ0v) is 15.1. The van der Waals surface area contributed by atoms with Crippen LogP contribution in [0.5, 0.6) is 5.75 Å². The molecule has 0 fully saturated rings. The summed E-state index contributed by atoms with van der Waals surface area (Å²) in [4.78, 5) is 31.7. The predicted molar refractivity (Wildman–Crippen MR) is 98.6 cm³/mol. The second kappa shape index (κ2) is 7.74. The van der Waals surface area contributed by atoms with Crippen LogP contribution in [0.25, 0.3) is 0 Å². The van der Waals surface area contributed by atoms with Crippen LogP contribution in [0.1, 0.15) is 43.2 Å². The van der Waals surface area contributed by atoms with Crippen LogP contribution < -0.4 is 15.6 Å². The fourth-order valence-corrected chi connectivity index (χ4v) is 3.24. The topological polar surface area (TPSA) is 84.1 Å². The fraction of sp³-hybridized carbons (Fsp3) is 0.389. The Bertz CT molecular complexity index is 817. The number of ether oxygens (including phenoxy) is 1. The van der Waals surface area contributed by atoms with Crippen molar-refractivity contribution >= 4 is 23.5 Å². The van der Waals surface area contributed by atoms with Crippen LogP contribution in [-0.2, 0) is 4.79 Å². The Balaban J connectivity index is 1.91. The molecule has 1 aromatic heterocycles. The lowest BCUT2D eigenvalue weighted by Crippen LogP contribution is -2.31. The summed E-state index contributed by atoms with van der Waals surface area (Å²) in [5, 5.41) is 3.20. The van der Waals surface area contributed by atoms with E-state index in [0.29, 0.717) is 23.1 Å². The first-order valence-corrected chi connectivity index (χ1v) is 9.55. The maximum atomic E-state index is 12.5. The van der Waals surface area contributed by atoms with Gasteiger partial charge in [-0.05, 0) is 30.4 Å². The Morgan fingerprint density at radius 1 is 1.28 bits per heavy atom. The van der Waals surface area contributed by atoms with Crippen molar-refractivity contribution in [3.63, 3.8) is 0 Å². The molecule has 25 heavy (non-hydrogen) atoms. The highest BCUT2D eigenvalue weighted by atomic mass is 32.2. The lowest BCUT2D eigenvalue weighted by molar-refractivity contribution is -0.116. The van der Waals surface area contributed by atoms with Crippen LogP contribution in [0.4, 0.5) is 5.82 Å². The molecule has 1 amide bonds. The smallest absolute Gasteiger partial charge is 0.257 e. The molecule has 132 valence electrons. The van der Waals surface area contributed by atoms with Crippen molar-refractivity contribution in [2.45, 2.75) is 37.3 Å². The first-order valence-electron chi connectivity index (χ1n) is 8.33. The van der Waals surface area contributed by atoms with E-state index in [9.17, 15) is 9.59 Å². The normalized spacial score (nSPS) is 16.2. The van der Waals surface area contributed by atoms with Gasteiger partial charge in [0.15, 0.2) is 5.16 Å². The van der Waals surface area contributed by atoms with Crippen LogP contribution in [0.15, 0.2) is 34.2 Å². The average Bonchev–Trinajstić information content (AvgIpc) is 2.61. The number of carbonyl (C=O) groups excluding carboxylic acids is 1. The van der Waals surface area contributed by atoms with E-state index in [4.69, 9.17) is 4.74 Å². The molecule has 3 rings (SSSR count). The van der Waals surface area contributed by atoms with E-state index in [1.165, 1.54) is 11.8 Å². The number of aromatic amines is 1. The number of nitrogens with zero attached hydrogens (tertiary/aromatic N) is 1. The van der Waals surface area contributed by atoms with E-state index in [1.807, 2.05) is 30.5 Å². The second-order valence-electron chi connectivity index (χ2n) is 5.91. The van der Waals surface area contributed by atoms with Gasteiger partial charge in [-0.1, -0.05) is 37.2 Å². The van der Waals surface area contributed by atoms with Crippen LogP contribution in [0, 0.1) is 0 Å². The lowest BCUT2D eigenvalue weighted by Gasteiger charge is -2.24. The van der Waals surface area contributed by atoms with Gasteiger partial charge >= 0.3 is 0 Å². The van der Waals surface area contributed by atoms with Gasteiger partial charge in [-0.2, -0.15) is 0 Å². The molecule has 0 radical (unpaired) electrons. The number of unbranched alkanes of at least 4 members (excludes halogenated alkanes) is 1. The number of carbonyl (C=O) groups is 1. The Morgan fingerprint density at radius 2 is 2.04 bits per heavy atom. The molecule has 2 aromatic rings. The summed E-state index contributed by atoms with van der Waals surface area (Å²) in [5.74, 6) is 0.714. The van der Waals surface area contributed by atoms with Gasteiger partial charge in [-0.15, -0.1) is 0 Å². The summed E-state index contributed by atoms with van der Waals surface area (Å²) in [7, 11) is 0. The zero-order chi connectivity index (χ0) is 17.8. The molecule has 0 saturated heterocycles. The molecular weight excluding hydrogens is 338 g/mol. The summed E-state index contributed by atoms with van der Waals surface area (Å²) < 4.78 is 5.67. The summed E-state index contributed by atoms with van der Waals surface area (Å²) in [5.41, 5.74) is 1.21. The zero-order valence-electron chi connectivity index (χ0n) is 14.3. The fourth-order valence-electron chi connectivity index (χ4n) is 2.86. The third-order valence-corrected chi connectivity index (χ3v) is 4.75. The minimum absolute atomic E-state index is 0.133. The monoisotopic (exact) mass is 359 g/mol. The number of thioether (sulfide) groups is 1. The highest BCUT2D eigenvalue weighted by molar-refractivity contribution is 7.98. The highest BCUT2D eigenvalue weighted by Gasteiger charge is 2.30. The van der Waals surface area contributed by atoms with Crippen LogP contribution in [-0.4, -0.2) is 28.7 Å². The van der Waals surface area contributed by atoms with E-state index in [2.05, 4.69) is 22.2 Å². The van der Waals surface area contributed by atoms with Crippen molar-refractivity contribution in [2.75, 3.05) is 18.2 Å². The first kappa shape index (κ1) is 17.5. The molecular formula is C18H21N3O3S. The van der Waals surface area contributed by atoms with Crippen LogP contribution in [0.3, 0.4) is 0 Å². The van der Waals surface area contributed by atoms with Crippen LogP contribution in [0.2, 0.25) is 0 Å². The summed E-state index contributed by atoms with van der Waals surface area (Å²) in [6.07, 6.45) is 4.15. The maximum absolute atomic E-state index is 12.5. The number of H-pyrrole nitrogens is 1. The van der Waals surface area contributed by atoms with Crippen molar-refractivity contribution < 1.29 is 9.53 Å². The van der Waals surface area contributed by atoms with Crippen molar-refractivity contribution in [3.05, 3.63) is 45.7 Å². The molecule has 0 unspecified atom stereocenters. The maximum Gasteiger partial charge on any atom is 0.257 e. The number of aromatic nitrogens is 2. The Hall–Kier alpha value is -2.28. The molecule has 0 aliphatic carbocycles. The number of hydrogen-bond acceptors (Lipinski definition) is 5. The standard InChI is InChI=1S/C18H21N3O3S/c1-3-4-9-24-12-7-5-11(6-8-12)13-10-14(22)19-16-15(13)17(23)21-18(20-16)25-2/h5-8,13H,3-4,9-10H2,1-2H3,(H2,19,20,21,22,23)/t13-/m1/s1. The molecule has 6 nitrogen and oxygen atoms in total. The van der Waals surface area contributed by atoms with Gasteiger partial charge in [0.2, 0.25) is 5.91 Å². The van der Waals surface area contributed by atoms with Gasteiger partial charge in [-0.25, -0.2) is 4.98 Å². The molecule has 1 aliphatic rings. The molecule has 7 heteroatoms. The Morgan fingerprint density at radius 3 is 2.72 bits per heavy atom. The van der Waals surface area contributed by atoms with E-state index in [-0.39, 0.29) is 23.8 Å². The third kappa shape index (κ3) is 3.87. The molecule has 0 saturated carbocycles. The van der Waals surface area contributed by atoms with Crippen LogP contribution >= 0.6 is 11.8 Å². The van der Waals surface area contributed by atoms with Gasteiger partial charge in [0, 0.05) is 12.3 Å². The van der Waals surface area contributed by atoms with Crippen molar-refractivity contribution in [1.82, 2.24) is 9.97 Å². The second-order valence-corrected chi connectivity index (χ2v) is 6.71. The SMILES string of the molecule is CCCCOc1ccc([C@H]2CC(=O)Nc3nc(SC)[nH]c(=O)c32)cc1. The molecule has 1 aromatic carbocycles. The van der Waals surface area contributed by atoms with Gasteiger partial charge in [0.25, 0.3) is 5.56 Å². The minimum atomic E-state index is -0.305. The number of amides is 1. The third-order valence-electron chi connectivity index (χ3n) is 4.17. The number of benzene rings is 1. The summed E-state index contributed by atoms with van der Waals surface area (Å²) in [6.45, 7) is 2.80. The first-order chi connectivity index (χ1) is 12.1. The molecule has 0 spiro atoms. The quantitative estimate of drug-likeness (QED) is 0.470. The largest absolute Gasteiger partial charge is 0.494 e. The molecule has 2 N–H and O–H groups in total. The van der Waals surface area contributed by atoms with E-state index >= 15 is 0 Å². The Labute approximate surface area is 150 Å². The van der Waals surface area contributed by atoms with E-state index in [0.717, 1.165) is 24.2 Å². The van der Waals surface area contributed by atoms with Crippen molar-refractivity contribution in [2.24, 2.45) is 0 Å². The van der Waals surface area contributed by atoms with Gasteiger partial charge in [0.1, 0.15) is 11.6 Å². The number of hydrogen-bond donors (Lipinski definition) is 2. The summed E-state index contributed by atoms with van der Waals surface area (Å²) in [6, 6.07) is 7.59. The van der Waals surface area contributed by atoms with Gasteiger partial charge in [-0.3, -0.25) is 9.59 Å². The lowest BCUT2D eigenvalue weighted by atomic mass is 9.87. The molecule has 1 atom stereocenters. The molecule has 1 aliphatic heterocycles. The Kier molecular flexibility index (Phi) is 5.43. The molecule has 2 heterocycles. The summed E-state index contributed by atoms with van der Waals surface area (Å²) >= 11 is 1.33. The average molecular weight is 359 g/mol. The highest BCUT2D eigenvalue weighted by Crippen LogP contribution is 2.34. The minimum Gasteiger partial charge on any atom is -0.494 e. The number of fused-ring (bicyclic) bond motifs is 1. The van der Waals surface area contributed by atoms with Crippen molar-refractivity contribution in [3.8, 4) is 5.75 Å². The van der Waals surface area contributed by atoms with Gasteiger partial charge < -0.3 is 15.0 Å². The van der Waals surface area contributed by atoms with Gasteiger partial charge in [0.05, 0.1) is 12.2 Å². The van der Waals surface area contributed by atoms with E-state index < -0.39 is 0 Å². The number of anilines is 1. The predicted octanol–water partition coefficient (Wildman–Crippen LogP) is 3.14. The number of rotatable bonds is 6.